The van der Waals surface area contributed by atoms with E-state index in [1.165, 1.54) is 20.9 Å². The average Bonchev–Trinajstić information content (AvgIpc) is 2.88. The fraction of sp³-hybridized carbons (Fsp3) is 0.214. The second-order valence-electron chi connectivity index (χ2n) is 7.22. The quantitative estimate of drug-likeness (QED) is 0.403. The number of benzene rings is 3. The molecule has 3 aromatic rings. The highest BCUT2D eigenvalue weighted by atomic mass is 32.2. The summed E-state index contributed by atoms with van der Waals surface area (Å²) in [5.41, 5.74) is 10.7. The largest absolute Gasteiger partial charge is 0.388 e. The van der Waals surface area contributed by atoms with Crippen LogP contribution in [0.4, 0.5) is 11.4 Å². The summed E-state index contributed by atoms with van der Waals surface area (Å²) in [5, 5.41) is 3.18. The fourth-order valence-electron chi connectivity index (χ4n) is 3.19. The van der Waals surface area contributed by atoms with Gasteiger partial charge in [-0.05, 0) is 55.3 Å². The van der Waals surface area contributed by atoms with Gasteiger partial charge in [-0.3, -0.25) is 0 Å². The second-order valence-corrected chi connectivity index (χ2v) is 8.36. The molecular weight excluding hydrogens is 440 g/mol. The lowest BCUT2D eigenvalue weighted by atomic mass is 10.1. The monoisotopic (exact) mass is 476 g/mol. The molecule has 0 aliphatic carbocycles. The Balaban J connectivity index is 0.000000441. The van der Waals surface area contributed by atoms with Gasteiger partial charge >= 0.3 is 0 Å². The van der Waals surface area contributed by atoms with E-state index in [9.17, 15) is 0 Å². The number of aliphatic imine (C=N–C) groups is 1. The molecule has 1 aliphatic rings. The summed E-state index contributed by atoms with van der Waals surface area (Å²) in [6, 6.07) is 25.1. The minimum absolute atomic E-state index is 0.626. The van der Waals surface area contributed by atoms with E-state index in [-0.39, 0.29) is 0 Å². The van der Waals surface area contributed by atoms with Crippen LogP contribution in [0.25, 0.3) is 0 Å². The van der Waals surface area contributed by atoms with Crippen molar-refractivity contribution in [2.45, 2.75) is 36.6 Å². The molecule has 180 valence electrons. The molecule has 0 atom stereocenters. The third kappa shape index (κ3) is 9.16. The van der Waals surface area contributed by atoms with Gasteiger partial charge in [0.05, 0.1) is 5.69 Å². The Kier molecular flexibility index (Phi) is 13.6. The van der Waals surface area contributed by atoms with Crippen molar-refractivity contribution < 1.29 is 4.79 Å². The minimum Gasteiger partial charge on any atom is -0.388 e. The molecule has 0 spiro atoms. The first-order valence-corrected chi connectivity index (χ1v) is 11.9. The third-order valence-corrected chi connectivity index (χ3v) is 5.74. The van der Waals surface area contributed by atoms with Crippen LogP contribution in [0.5, 0.6) is 0 Å². The van der Waals surface area contributed by atoms with Crippen LogP contribution in [0.2, 0.25) is 0 Å². The second kappa shape index (κ2) is 16.2. The smallest absolute Gasteiger partial charge is 0.196 e. The SMILES string of the molecule is C=C.C=O.CCCN1Cc2cc(Sc3cccc(NC)c3)ccc2N=C1N.Cc1ccccc1. The molecular formula is C28H36N4OS. The van der Waals surface area contributed by atoms with Gasteiger partial charge in [-0.2, -0.15) is 0 Å². The number of rotatable bonds is 5. The maximum absolute atomic E-state index is 8.00. The van der Waals surface area contributed by atoms with Crippen LogP contribution in [-0.4, -0.2) is 31.2 Å². The number of fused-ring (bicyclic) bond motifs is 1. The molecule has 0 fully saturated rings. The van der Waals surface area contributed by atoms with E-state index in [1.807, 2.05) is 32.0 Å². The van der Waals surface area contributed by atoms with Gasteiger partial charge in [0.25, 0.3) is 0 Å². The normalized spacial score (nSPS) is 11.1. The predicted molar refractivity (Wildman–Crippen MR) is 148 cm³/mol. The summed E-state index contributed by atoms with van der Waals surface area (Å²) in [5.74, 6) is 0.626. The Morgan fingerprint density at radius 1 is 1.00 bits per heavy atom. The third-order valence-electron chi connectivity index (χ3n) is 4.76. The van der Waals surface area contributed by atoms with Crippen molar-refractivity contribution in [1.82, 2.24) is 4.90 Å². The van der Waals surface area contributed by atoms with Gasteiger partial charge < -0.3 is 20.7 Å². The van der Waals surface area contributed by atoms with Gasteiger partial charge in [-0.1, -0.05) is 60.6 Å². The van der Waals surface area contributed by atoms with Crippen molar-refractivity contribution in [3.63, 3.8) is 0 Å². The Morgan fingerprint density at radius 2 is 1.68 bits per heavy atom. The van der Waals surface area contributed by atoms with Crippen LogP contribution in [0.15, 0.2) is 101 Å². The zero-order valence-electron chi connectivity index (χ0n) is 20.5. The van der Waals surface area contributed by atoms with Crippen molar-refractivity contribution in [2.75, 3.05) is 18.9 Å². The zero-order chi connectivity index (χ0) is 25.3. The van der Waals surface area contributed by atoms with Crippen molar-refractivity contribution >= 4 is 35.9 Å². The van der Waals surface area contributed by atoms with Crippen molar-refractivity contribution in [3.05, 3.63) is 97.1 Å². The summed E-state index contributed by atoms with van der Waals surface area (Å²) in [4.78, 5) is 17.1. The number of nitrogens with two attached hydrogens (primary N) is 1. The van der Waals surface area contributed by atoms with Crippen LogP contribution < -0.4 is 11.1 Å². The molecule has 0 saturated heterocycles. The number of hydrogen-bond acceptors (Lipinski definition) is 6. The van der Waals surface area contributed by atoms with Gasteiger partial charge in [-0.15, -0.1) is 13.2 Å². The molecule has 0 aromatic heterocycles. The van der Waals surface area contributed by atoms with Crippen LogP contribution in [-0.2, 0) is 11.3 Å². The highest BCUT2D eigenvalue weighted by Crippen LogP contribution is 2.34. The number of carbonyl (C=O) groups is 1. The van der Waals surface area contributed by atoms with Crippen LogP contribution in [0.1, 0.15) is 24.5 Å². The van der Waals surface area contributed by atoms with E-state index in [4.69, 9.17) is 10.5 Å². The summed E-state index contributed by atoms with van der Waals surface area (Å²) in [6.07, 6.45) is 1.07. The number of guanidine groups is 1. The van der Waals surface area contributed by atoms with Crippen LogP contribution in [0.3, 0.4) is 0 Å². The predicted octanol–water partition coefficient (Wildman–Crippen LogP) is 6.66. The maximum Gasteiger partial charge on any atom is 0.196 e. The van der Waals surface area contributed by atoms with Gasteiger partial charge in [0.1, 0.15) is 6.79 Å². The molecule has 0 bridgehead atoms. The van der Waals surface area contributed by atoms with E-state index >= 15 is 0 Å². The van der Waals surface area contributed by atoms with E-state index in [2.05, 4.69) is 96.8 Å². The molecule has 1 heterocycles. The first-order chi connectivity index (χ1) is 16.6. The zero-order valence-corrected chi connectivity index (χ0v) is 21.3. The Bertz CT molecular complexity index is 1020. The van der Waals surface area contributed by atoms with Crippen molar-refractivity contribution in [3.8, 4) is 0 Å². The van der Waals surface area contributed by atoms with E-state index in [1.54, 1.807) is 11.8 Å². The molecule has 4 rings (SSSR count). The first-order valence-electron chi connectivity index (χ1n) is 11.1. The molecule has 0 amide bonds. The fourth-order valence-corrected chi connectivity index (χ4v) is 4.13. The number of aryl methyl sites for hydroxylation is 1. The van der Waals surface area contributed by atoms with Crippen LogP contribution in [0, 0.1) is 6.92 Å². The first kappa shape index (κ1) is 28.5. The molecule has 0 saturated carbocycles. The van der Waals surface area contributed by atoms with E-state index < -0.39 is 0 Å². The molecule has 0 radical (unpaired) electrons. The van der Waals surface area contributed by atoms with Gasteiger partial charge in [0, 0.05) is 35.6 Å². The molecule has 6 heteroatoms. The summed E-state index contributed by atoms with van der Waals surface area (Å²) in [6.45, 7) is 14.0. The Hall–Kier alpha value is -3.51. The summed E-state index contributed by atoms with van der Waals surface area (Å²) in [7, 11) is 1.94. The standard InChI is InChI=1S/C18H22N4S.C7H8.C2H4.CH2O/c1-3-9-22-12-13-10-16(7-8-17(13)21-18(22)19)23-15-6-4-5-14(11-15)20-2;1-7-5-3-2-4-6-7;2*1-2/h4-8,10-11,20H,3,9,12H2,1-2H3,(H2,19,21);2-6H,1H3;1-2H2;1H2. The molecule has 1 aliphatic heterocycles. The lowest BCUT2D eigenvalue weighted by Crippen LogP contribution is -2.39. The summed E-state index contributed by atoms with van der Waals surface area (Å²) < 4.78 is 0. The molecule has 3 N–H and O–H groups in total. The maximum atomic E-state index is 8.00. The lowest BCUT2D eigenvalue weighted by molar-refractivity contribution is -0.0979. The highest BCUT2D eigenvalue weighted by Gasteiger charge is 2.17. The topological polar surface area (TPSA) is 70.7 Å². The van der Waals surface area contributed by atoms with Gasteiger partial charge in [0.2, 0.25) is 0 Å². The minimum atomic E-state index is 0.626. The number of carbonyl (C=O) groups excluding carboxylic acids is 1. The van der Waals surface area contributed by atoms with Gasteiger partial charge in [-0.25, -0.2) is 4.99 Å². The number of nitrogens with one attached hydrogen (secondary N) is 1. The van der Waals surface area contributed by atoms with Gasteiger partial charge in [0.15, 0.2) is 5.96 Å². The van der Waals surface area contributed by atoms with Crippen molar-refractivity contribution in [2.24, 2.45) is 10.7 Å². The molecule has 3 aromatic carbocycles. The molecule has 0 unspecified atom stereocenters. The highest BCUT2D eigenvalue weighted by molar-refractivity contribution is 7.99. The van der Waals surface area contributed by atoms with Crippen LogP contribution >= 0.6 is 11.8 Å². The number of hydrogen-bond donors (Lipinski definition) is 2. The number of nitrogens with zero attached hydrogens (tertiary/aromatic N) is 2. The van der Waals surface area contributed by atoms with E-state index in [0.717, 1.165) is 30.9 Å². The van der Waals surface area contributed by atoms with Crippen molar-refractivity contribution in [1.29, 1.82) is 0 Å². The Morgan fingerprint density at radius 3 is 2.26 bits per heavy atom. The number of anilines is 1. The average molecular weight is 477 g/mol. The molecule has 34 heavy (non-hydrogen) atoms. The lowest BCUT2D eigenvalue weighted by Gasteiger charge is -2.28. The summed E-state index contributed by atoms with van der Waals surface area (Å²) >= 11 is 1.77. The Labute approximate surface area is 208 Å². The van der Waals surface area contributed by atoms with E-state index in [0.29, 0.717) is 5.96 Å². The molecule has 5 nitrogen and oxygen atoms in total.